The number of nitrogens with zero attached hydrogens (tertiary/aromatic N) is 3. The Balaban J connectivity index is 1.70. The Morgan fingerprint density at radius 1 is 0.946 bits per heavy atom. The third kappa shape index (κ3) is 4.85. The number of aliphatic hydroxyl groups is 1. The number of benzene rings is 3. The highest BCUT2D eigenvalue weighted by molar-refractivity contribution is 5.97. The Morgan fingerprint density at radius 2 is 1.62 bits per heavy atom. The van der Waals surface area contributed by atoms with Gasteiger partial charge in [0.05, 0.1) is 23.4 Å². The average Bonchev–Trinajstić information content (AvgIpc) is 3.27. The Morgan fingerprint density at radius 3 is 2.30 bits per heavy atom. The molecule has 188 valence electrons. The molecule has 37 heavy (non-hydrogen) atoms. The zero-order valence-electron chi connectivity index (χ0n) is 21.3. The van der Waals surface area contributed by atoms with Crippen molar-refractivity contribution in [3.63, 3.8) is 0 Å². The van der Waals surface area contributed by atoms with Gasteiger partial charge in [-0.25, -0.2) is 9.07 Å². The van der Waals surface area contributed by atoms with Crippen molar-refractivity contribution in [2.45, 2.75) is 33.4 Å². The quantitative estimate of drug-likeness (QED) is 0.304. The lowest BCUT2D eigenvalue weighted by Gasteiger charge is -2.13. The predicted octanol–water partition coefficient (Wildman–Crippen LogP) is 5.95. The fourth-order valence-corrected chi connectivity index (χ4v) is 4.87. The molecule has 5 aromatic rings. The van der Waals surface area contributed by atoms with Crippen molar-refractivity contribution < 1.29 is 9.50 Å². The molecule has 0 radical (unpaired) electrons. The zero-order valence-corrected chi connectivity index (χ0v) is 21.3. The van der Waals surface area contributed by atoms with Gasteiger partial charge in [-0.2, -0.15) is 5.10 Å². The number of aromatic nitrogens is 3. The molecule has 5 nitrogen and oxygen atoms in total. The monoisotopic (exact) mass is 495 g/mol. The lowest BCUT2D eigenvalue weighted by Crippen LogP contribution is -2.22. The van der Waals surface area contributed by atoms with Gasteiger partial charge in [0.15, 0.2) is 0 Å². The van der Waals surface area contributed by atoms with Crippen LogP contribution in [0.1, 0.15) is 30.7 Å². The number of halogens is 1. The van der Waals surface area contributed by atoms with E-state index < -0.39 is 5.82 Å². The van der Waals surface area contributed by atoms with Gasteiger partial charge < -0.3 is 9.67 Å². The molecule has 2 heterocycles. The van der Waals surface area contributed by atoms with Gasteiger partial charge in [0.2, 0.25) is 0 Å². The van der Waals surface area contributed by atoms with Gasteiger partial charge >= 0.3 is 0 Å². The summed E-state index contributed by atoms with van der Waals surface area (Å²) in [6.07, 6.45) is 2.62. The summed E-state index contributed by atoms with van der Waals surface area (Å²) in [5.74, 6) is -0.109. The molecule has 0 amide bonds. The minimum Gasteiger partial charge on any atom is -0.392 e. The molecule has 0 aliphatic heterocycles. The van der Waals surface area contributed by atoms with E-state index in [2.05, 4.69) is 55.3 Å². The third-order valence-corrected chi connectivity index (χ3v) is 6.65. The maximum atomic E-state index is 15.3. The molecular weight excluding hydrogens is 465 g/mol. The molecule has 0 fully saturated rings. The molecule has 1 N–H and O–H groups in total. The van der Waals surface area contributed by atoms with Crippen molar-refractivity contribution in [1.82, 2.24) is 14.3 Å². The van der Waals surface area contributed by atoms with Crippen LogP contribution in [0.5, 0.6) is 0 Å². The lowest BCUT2D eigenvalue weighted by molar-refractivity contribution is 0.282. The number of hydrogen-bond acceptors (Lipinski definition) is 3. The van der Waals surface area contributed by atoms with E-state index >= 15 is 4.39 Å². The van der Waals surface area contributed by atoms with Crippen LogP contribution >= 0.6 is 0 Å². The van der Waals surface area contributed by atoms with Crippen molar-refractivity contribution in [1.29, 1.82) is 0 Å². The topological polar surface area (TPSA) is 60.1 Å². The summed E-state index contributed by atoms with van der Waals surface area (Å²) in [6.45, 7) is 4.45. The van der Waals surface area contributed by atoms with Crippen LogP contribution in [0.2, 0.25) is 0 Å². The second kappa shape index (κ2) is 10.1. The summed E-state index contributed by atoms with van der Waals surface area (Å²) in [5, 5.41) is 15.5. The normalized spacial score (nSPS) is 11.5. The molecule has 6 heteroatoms. The van der Waals surface area contributed by atoms with E-state index in [-0.39, 0.29) is 12.2 Å². The minimum absolute atomic E-state index is 0.217. The Hall–Kier alpha value is -4.03. The van der Waals surface area contributed by atoms with Crippen LogP contribution in [0.3, 0.4) is 0 Å². The molecule has 0 unspecified atom stereocenters. The van der Waals surface area contributed by atoms with Gasteiger partial charge in [-0.15, -0.1) is 0 Å². The van der Waals surface area contributed by atoms with E-state index in [0.717, 1.165) is 27.8 Å². The van der Waals surface area contributed by atoms with Gasteiger partial charge in [-0.1, -0.05) is 74.5 Å². The third-order valence-electron chi connectivity index (χ3n) is 6.65. The molecular formula is C31H30FN3O2. The van der Waals surface area contributed by atoms with Crippen LogP contribution in [-0.4, -0.2) is 19.5 Å². The maximum absolute atomic E-state index is 15.3. The molecule has 0 saturated carbocycles. The van der Waals surface area contributed by atoms with Crippen LogP contribution in [0.15, 0.2) is 83.8 Å². The summed E-state index contributed by atoms with van der Waals surface area (Å²) in [5.41, 5.74) is 5.19. The molecule has 2 aromatic heterocycles. The summed E-state index contributed by atoms with van der Waals surface area (Å²) in [6, 6.07) is 23.0. The van der Waals surface area contributed by atoms with Gasteiger partial charge in [-0.3, -0.25) is 4.79 Å². The molecule has 0 atom stereocenters. The van der Waals surface area contributed by atoms with Crippen LogP contribution in [0.25, 0.3) is 33.2 Å². The van der Waals surface area contributed by atoms with Crippen molar-refractivity contribution in [2.75, 3.05) is 0 Å². The second-order valence-electron chi connectivity index (χ2n) is 9.90. The highest BCUT2D eigenvalue weighted by atomic mass is 19.1. The predicted molar refractivity (Wildman–Crippen MR) is 146 cm³/mol. The molecule has 0 aliphatic carbocycles. The largest absolute Gasteiger partial charge is 0.392 e. The molecule has 0 spiro atoms. The molecule has 0 saturated heterocycles. The minimum atomic E-state index is -0.442. The SMILES string of the molecule is CC(C)Cc1nn(C)c(=O)c2c(-c3cc(CO)ccc3F)n(Cc3ccc(-c4ccccc4)cc3)cc12. The molecule has 3 aromatic carbocycles. The fraction of sp³-hybridized carbons (Fsp3) is 0.226. The van der Waals surface area contributed by atoms with E-state index in [1.807, 2.05) is 29.0 Å². The van der Waals surface area contributed by atoms with Gasteiger partial charge in [0, 0.05) is 30.7 Å². The first kappa shape index (κ1) is 24.7. The number of aliphatic hydroxyl groups excluding tert-OH is 1. The van der Waals surface area contributed by atoms with Gasteiger partial charge in [0.1, 0.15) is 5.82 Å². The van der Waals surface area contributed by atoms with E-state index in [1.165, 1.54) is 10.7 Å². The van der Waals surface area contributed by atoms with Crippen LogP contribution in [0, 0.1) is 11.7 Å². The first-order valence-electron chi connectivity index (χ1n) is 12.5. The first-order chi connectivity index (χ1) is 17.9. The number of fused-ring (bicyclic) bond motifs is 1. The Labute approximate surface area is 215 Å². The van der Waals surface area contributed by atoms with Crippen LogP contribution in [-0.2, 0) is 26.6 Å². The molecule has 5 rings (SSSR count). The summed E-state index contributed by atoms with van der Waals surface area (Å²) < 4.78 is 18.6. The van der Waals surface area contributed by atoms with E-state index in [0.29, 0.717) is 41.1 Å². The highest BCUT2D eigenvalue weighted by Crippen LogP contribution is 2.34. The highest BCUT2D eigenvalue weighted by Gasteiger charge is 2.22. The van der Waals surface area contributed by atoms with E-state index in [9.17, 15) is 9.90 Å². The lowest BCUT2D eigenvalue weighted by atomic mass is 10.0. The Kier molecular flexibility index (Phi) is 6.76. The van der Waals surface area contributed by atoms with E-state index in [4.69, 9.17) is 0 Å². The summed E-state index contributed by atoms with van der Waals surface area (Å²) >= 11 is 0. The smallest absolute Gasteiger partial charge is 0.276 e. The van der Waals surface area contributed by atoms with Crippen molar-refractivity contribution in [3.05, 3.63) is 112 Å². The average molecular weight is 496 g/mol. The van der Waals surface area contributed by atoms with Crippen molar-refractivity contribution in [3.8, 4) is 22.4 Å². The number of aryl methyl sites for hydroxylation is 1. The van der Waals surface area contributed by atoms with Gasteiger partial charge in [-0.05, 0) is 46.7 Å². The number of hydrogen-bond donors (Lipinski definition) is 1. The second-order valence-corrected chi connectivity index (χ2v) is 9.90. The maximum Gasteiger partial charge on any atom is 0.276 e. The van der Waals surface area contributed by atoms with Crippen LogP contribution < -0.4 is 5.56 Å². The van der Waals surface area contributed by atoms with Crippen LogP contribution in [0.4, 0.5) is 4.39 Å². The Bertz CT molecular complexity index is 1620. The van der Waals surface area contributed by atoms with Gasteiger partial charge in [0.25, 0.3) is 5.56 Å². The zero-order chi connectivity index (χ0) is 26.1. The van der Waals surface area contributed by atoms with E-state index in [1.54, 1.807) is 19.2 Å². The summed E-state index contributed by atoms with van der Waals surface area (Å²) in [4.78, 5) is 13.4. The fourth-order valence-electron chi connectivity index (χ4n) is 4.87. The standard InChI is InChI=1S/C31H30FN3O2/c1-20(2)15-28-26-18-35(17-21-9-12-24(13-10-21)23-7-5-4-6-8-23)30(29(26)31(37)34(3)33-28)25-16-22(19-36)11-14-27(25)32/h4-14,16,18,20,36H,15,17,19H2,1-3H3. The molecule has 0 bridgehead atoms. The first-order valence-corrected chi connectivity index (χ1v) is 12.5. The number of rotatable bonds is 7. The molecule has 0 aliphatic rings. The van der Waals surface area contributed by atoms with Crippen molar-refractivity contribution >= 4 is 10.8 Å². The summed E-state index contributed by atoms with van der Waals surface area (Å²) in [7, 11) is 1.63. The van der Waals surface area contributed by atoms with Crippen molar-refractivity contribution in [2.24, 2.45) is 13.0 Å².